The fourth-order valence-corrected chi connectivity index (χ4v) is 5.22. The van der Waals surface area contributed by atoms with Crippen molar-refractivity contribution in [2.75, 3.05) is 20.8 Å². The Kier molecular flexibility index (Phi) is 5.40. The van der Waals surface area contributed by atoms with Gasteiger partial charge < -0.3 is 9.47 Å². The summed E-state index contributed by atoms with van der Waals surface area (Å²) in [7, 11) is -0.572. The van der Waals surface area contributed by atoms with E-state index in [1.807, 2.05) is 19.1 Å². The molecule has 0 bridgehead atoms. The average Bonchev–Trinajstić information content (AvgIpc) is 2.62. The van der Waals surface area contributed by atoms with Crippen LogP contribution in [0.5, 0.6) is 11.5 Å². The van der Waals surface area contributed by atoms with E-state index in [1.165, 1.54) is 22.5 Å². The first-order chi connectivity index (χ1) is 12.3. The van der Waals surface area contributed by atoms with Crippen molar-refractivity contribution in [2.45, 2.75) is 24.3 Å². The van der Waals surface area contributed by atoms with Gasteiger partial charge in [0.05, 0.1) is 29.2 Å². The van der Waals surface area contributed by atoms with Gasteiger partial charge in [0.2, 0.25) is 10.0 Å². The van der Waals surface area contributed by atoms with Gasteiger partial charge in [-0.3, -0.25) is 0 Å². The van der Waals surface area contributed by atoms with E-state index in [4.69, 9.17) is 32.7 Å². The van der Waals surface area contributed by atoms with Gasteiger partial charge in [0.1, 0.15) is 0 Å². The van der Waals surface area contributed by atoms with Crippen LogP contribution in [0.2, 0.25) is 10.0 Å². The van der Waals surface area contributed by atoms with Crippen LogP contribution in [0.3, 0.4) is 0 Å². The van der Waals surface area contributed by atoms with Crippen molar-refractivity contribution in [3.8, 4) is 11.5 Å². The Morgan fingerprint density at radius 3 is 2.31 bits per heavy atom. The zero-order chi connectivity index (χ0) is 19.1. The first kappa shape index (κ1) is 19.3. The second kappa shape index (κ2) is 7.27. The summed E-state index contributed by atoms with van der Waals surface area (Å²) in [5, 5.41) is 0.531. The molecule has 5 nitrogen and oxygen atoms in total. The number of hydrogen-bond donors (Lipinski definition) is 0. The molecule has 0 aliphatic carbocycles. The van der Waals surface area contributed by atoms with Gasteiger partial charge >= 0.3 is 0 Å². The van der Waals surface area contributed by atoms with Gasteiger partial charge in [-0.15, -0.1) is 0 Å². The summed E-state index contributed by atoms with van der Waals surface area (Å²) >= 11 is 11.9. The second-order valence-corrected chi connectivity index (χ2v) is 8.73. The van der Waals surface area contributed by atoms with Crippen LogP contribution in [0.25, 0.3) is 0 Å². The number of benzene rings is 2. The molecule has 140 valence electrons. The van der Waals surface area contributed by atoms with Crippen molar-refractivity contribution in [3.05, 3.63) is 51.5 Å². The van der Waals surface area contributed by atoms with Gasteiger partial charge in [0.15, 0.2) is 11.5 Å². The lowest BCUT2D eigenvalue weighted by atomic mass is 9.94. The van der Waals surface area contributed by atoms with Crippen LogP contribution in [0.1, 0.15) is 24.1 Å². The Hall–Kier alpha value is -1.47. The molecule has 1 heterocycles. The molecule has 0 unspecified atom stereocenters. The number of rotatable bonds is 4. The Balaban J connectivity index is 2.02. The van der Waals surface area contributed by atoms with E-state index < -0.39 is 10.0 Å². The number of halogens is 2. The standard InChI is InChI=1S/C18H19Cl2NO4S/c1-11-14-10-18(25-3)17(24-2)8-12(14)6-7-21(11)26(22,23)13-4-5-15(19)16(20)9-13/h4-5,8-11H,6-7H2,1-3H3/t11-/m1/s1. The number of nitrogens with zero attached hydrogens (tertiary/aromatic N) is 1. The fraction of sp³-hybridized carbons (Fsp3) is 0.333. The van der Waals surface area contributed by atoms with E-state index in [2.05, 4.69) is 0 Å². The van der Waals surface area contributed by atoms with Gasteiger partial charge in [-0.25, -0.2) is 8.42 Å². The monoisotopic (exact) mass is 415 g/mol. The molecule has 8 heteroatoms. The largest absolute Gasteiger partial charge is 0.493 e. The summed E-state index contributed by atoms with van der Waals surface area (Å²) in [5.41, 5.74) is 1.95. The van der Waals surface area contributed by atoms with E-state index in [0.29, 0.717) is 29.5 Å². The highest BCUT2D eigenvalue weighted by Crippen LogP contribution is 2.40. The molecule has 3 rings (SSSR count). The SMILES string of the molecule is COc1cc2c(cc1OC)[C@@H](C)N(S(=O)(=O)c1ccc(Cl)c(Cl)c1)CC2. The summed E-state index contributed by atoms with van der Waals surface area (Å²) in [4.78, 5) is 0.127. The van der Waals surface area contributed by atoms with Gasteiger partial charge in [-0.05, 0) is 54.8 Å². The first-order valence-corrected chi connectivity index (χ1v) is 10.2. The van der Waals surface area contributed by atoms with Crippen LogP contribution in [-0.4, -0.2) is 33.5 Å². The Morgan fingerprint density at radius 2 is 1.69 bits per heavy atom. The molecule has 2 aromatic rings. The smallest absolute Gasteiger partial charge is 0.243 e. The summed E-state index contributed by atoms with van der Waals surface area (Å²) < 4.78 is 38.4. The predicted octanol–water partition coefficient (Wildman–Crippen LogP) is 4.32. The molecular formula is C18H19Cl2NO4S. The van der Waals surface area contributed by atoms with Crippen molar-refractivity contribution in [1.29, 1.82) is 0 Å². The highest BCUT2D eigenvalue weighted by Gasteiger charge is 2.35. The fourth-order valence-electron chi connectivity index (χ4n) is 3.22. The molecule has 26 heavy (non-hydrogen) atoms. The summed E-state index contributed by atoms with van der Waals surface area (Å²) in [6, 6.07) is 7.75. The van der Waals surface area contributed by atoms with E-state index in [9.17, 15) is 8.42 Å². The molecule has 1 aliphatic heterocycles. The summed E-state index contributed by atoms with van der Waals surface area (Å²) in [6.45, 7) is 2.23. The lowest BCUT2D eigenvalue weighted by Crippen LogP contribution is -2.38. The minimum Gasteiger partial charge on any atom is -0.493 e. The highest BCUT2D eigenvalue weighted by atomic mass is 35.5. The average molecular weight is 416 g/mol. The zero-order valence-corrected chi connectivity index (χ0v) is 17.0. The molecule has 0 saturated carbocycles. The molecule has 1 aliphatic rings. The van der Waals surface area contributed by atoms with Crippen LogP contribution in [0.4, 0.5) is 0 Å². The molecule has 0 saturated heterocycles. The molecule has 0 radical (unpaired) electrons. The van der Waals surface area contributed by atoms with Crippen LogP contribution in [0, 0.1) is 0 Å². The predicted molar refractivity (Wildman–Crippen MR) is 102 cm³/mol. The molecule has 0 fully saturated rings. The number of ether oxygens (including phenoxy) is 2. The van der Waals surface area contributed by atoms with E-state index in [1.54, 1.807) is 14.2 Å². The third kappa shape index (κ3) is 3.27. The Morgan fingerprint density at radius 1 is 1.04 bits per heavy atom. The van der Waals surface area contributed by atoms with E-state index >= 15 is 0 Å². The summed E-state index contributed by atoms with van der Waals surface area (Å²) in [6.07, 6.45) is 0.584. The Bertz CT molecular complexity index is 946. The molecule has 0 N–H and O–H groups in total. The van der Waals surface area contributed by atoms with Crippen molar-refractivity contribution in [3.63, 3.8) is 0 Å². The maximum absolute atomic E-state index is 13.1. The number of sulfonamides is 1. The van der Waals surface area contributed by atoms with Crippen LogP contribution >= 0.6 is 23.2 Å². The zero-order valence-electron chi connectivity index (χ0n) is 14.6. The van der Waals surface area contributed by atoms with Crippen molar-refractivity contribution in [1.82, 2.24) is 4.31 Å². The maximum Gasteiger partial charge on any atom is 0.243 e. The topological polar surface area (TPSA) is 55.8 Å². The van der Waals surface area contributed by atoms with Gasteiger partial charge in [-0.2, -0.15) is 4.31 Å². The lowest BCUT2D eigenvalue weighted by molar-refractivity contribution is 0.319. The molecule has 0 amide bonds. The highest BCUT2D eigenvalue weighted by molar-refractivity contribution is 7.89. The second-order valence-electron chi connectivity index (χ2n) is 6.02. The van der Waals surface area contributed by atoms with Gasteiger partial charge in [0.25, 0.3) is 0 Å². The van der Waals surface area contributed by atoms with Gasteiger partial charge in [0, 0.05) is 12.6 Å². The first-order valence-electron chi connectivity index (χ1n) is 8.01. The third-order valence-electron chi connectivity index (χ3n) is 4.63. The van der Waals surface area contributed by atoms with Crippen LogP contribution < -0.4 is 9.47 Å². The van der Waals surface area contributed by atoms with Crippen molar-refractivity contribution < 1.29 is 17.9 Å². The summed E-state index contributed by atoms with van der Waals surface area (Å²) in [5.74, 6) is 1.21. The van der Waals surface area contributed by atoms with Gasteiger partial charge in [-0.1, -0.05) is 23.2 Å². The quantitative estimate of drug-likeness (QED) is 0.745. The van der Waals surface area contributed by atoms with Crippen molar-refractivity contribution >= 4 is 33.2 Å². The number of methoxy groups -OCH3 is 2. The molecule has 0 spiro atoms. The molecule has 2 aromatic carbocycles. The van der Waals surface area contributed by atoms with Crippen molar-refractivity contribution in [2.24, 2.45) is 0 Å². The van der Waals surface area contributed by atoms with Crippen LogP contribution in [0.15, 0.2) is 35.2 Å². The number of hydrogen-bond acceptors (Lipinski definition) is 4. The van der Waals surface area contributed by atoms with E-state index in [-0.39, 0.29) is 16.0 Å². The third-order valence-corrected chi connectivity index (χ3v) is 7.33. The molecule has 0 aromatic heterocycles. The minimum absolute atomic E-state index is 0.127. The number of fused-ring (bicyclic) bond motifs is 1. The minimum atomic E-state index is -3.71. The normalized spacial score (nSPS) is 17.7. The maximum atomic E-state index is 13.1. The lowest BCUT2D eigenvalue weighted by Gasteiger charge is -2.34. The molecule has 1 atom stereocenters. The Labute approximate surface area is 163 Å². The van der Waals surface area contributed by atoms with E-state index in [0.717, 1.165) is 11.1 Å². The molecular weight excluding hydrogens is 397 g/mol. The van der Waals surface area contributed by atoms with Crippen LogP contribution in [-0.2, 0) is 16.4 Å².